The van der Waals surface area contributed by atoms with Crippen molar-refractivity contribution in [2.24, 2.45) is 17.4 Å². The van der Waals surface area contributed by atoms with Crippen molar-refractivity contribution >= 4 is 93.3 Å². The Morgan fingerprint density at radius 2 is 1.38 bits per heavy atom. The number of nitrogens with two attached hydrogens (primary N) is 2. The predicted octanol–water partition coefficient (Wildman–Crippen LogP) is 2.79. The molecule has 0 spiro atoms. The van der Waals surface area contributed by atoms with Gasteiger partial charge in [0.15, 0.2) is 35.1 Å². The number of carbonyl (C=O) groups is 8. The number of aromatic hydroxyl groups is 3. The Morgan fingerprint density at radius 1 is 0.732 bits per heavy atom. The summed E-state index contributed by atoms with van der Waals surface area (Å²) in [6, 6.07) is 4.68. The lowest BCUT2D eigenvalue weighted by molar-refractivity contribution is -0.329. The zero-order valence-corrected chi connectivity index (χ0v) is 62.7. The van der Waals surface area contributed by atoms with Crippen LogP contribution in [0.3, 0.4) is 0 Å². The molecule has 8 heterocycles. The number of hydrogen-bond acceptors (Lipinski definition) is 27. The van der Waals surface area contributed by atoms with Gasteiger partial charge in [-0.1, -0.05) is 67.0 Å². The maximum absolute atomic E-state index is 16.2. The van der Waals surface area contributed by atoms with E-state index in [9.17, 15) is 69.9 Å². The van der Waals surface area contributed by atoms with Crippen LogP contribution in [-0.2, 0) is 52.6 Å². The molecule has 21 N–H and O–H groups in total. The lowest BCUT2D eigenvalue weighted by Crippen LogP contribution is -2.64. The van der Waals surface area contributed by atoms with Crippen LogP contribution in [0.5, 0.6) is 51.7 Å². The number of rotatable bonds is 16. The number of primary amides is 1. The number of H-pyrrole nitrogens is 1. The molecule has 7 amide bonds. The van der Waals surface area contributed by atoms with Gasteiger partial charge >= 0.3 is 5.97 Å². The number of halogens is 2. The minimum atomic E-state index is -2.35. The molecule has 112 heavy (non-hydrogen) atoms. The smallest absolute Gasteiger partial charge is 0.330 e. The molecule has 2 fully saturated rings. The van der Waals surface area contributed by atoms with Gasteiger partial charge < -0.3 is 133 Å². The van der Waals surface area contributed by atoms with Gasteiger partial charge in [-0.2, -0.15) is 0 Å². The summed E-state index contributed by atoms with van der Waals surface area (Å²) in [6.07, 6.45) is -18.2. The number of nitrogens with one attached hydrogen (secondary N) is 8. The number of nitrogens with zero attached hydrogens (tertiary/aromatic N) is 1. The van der Waals surface area contributed by atoms with Gasteiger partial charge in [-0.15, -0.1) is 0 Å². The SMILES string of the molecule is CN[C@@H](CC(C)C)C(=O)N[C@H]1C(=O)N[C@@H](CC(N)=O)C(=O)N[C@H]2C(=O)N[C@H]3C(=O)N[C@H](C(=O)N[C@@H](C(=O)O)c4cc(O)cc(O)c4-c4cc3ccc4O)[C@H](O)c3ccc(c(Cl)c3)Oc3cc2cc(c3OC2OC(CSc3nc4cc(OC)ccc4[nH]3)C(O)C(O)C2OC2CC(C)(N)C(O)C(C)O2)Oc2ccc(cc2Cl)[C@H]1O. The summed E-state index contributed by atoms with van der Waals surface area (Å²) in [6.45, 7) is 6.70. The summed E-state index contributed by atoms with van der Waals surface area (Å²) in [5.74, 6) is -15.5. The van der Waals surface area contributed by atoms with Crippen LogP contribution in [0.25, 0.3) is 22.2 Å². The number of carbonyl (C=O) groups excluding carboxylic acids is 7. The minimum absolute atomic E-state index is 0.103. The Kier molecular flexibility index (Phi) is 24.0. The summed E-state index contributed by atoms with van der Waals surface area (Å²) in [7, 11) is 2.97. The molecule has 7 aliphatic heterocycles. The standard InChI is InChI=1S/C74H81Cl2N11O24S/c1-27(2)15-41(79-5)65(97)86-56-58(92)30-8-13-45(37(75)17-30)107-47-19-32-20-48(62(47)111-72-63(110-51-25-74(4,78)64(96)28(3)106-51)61(95)60(94)49(109-72)26-112-73-81-39-11-10-34(105-6)23-40(39)82-73)108-46-14-9-31(18-38(46)76)59(93)57-70(102)85-55(71(103)104)36-21-33(88)22-44(90)52(36)35-16-29(7-12-43(35)89)53(67(99)87-57)84-68(100)54(32)83-66(98)42(24-50(77)91)80-69(56)101/h7-14,16-23,27-28,41-42,49,51,53-61,63-64,72,79,88-90,92-96H,15,24-26,78H2,1-6H3,(H2,77,91)(H,80,101)(H,81,82)(H,83,98)(H,84,100)(H,85,102)(H,86,97)(H,87,99)(H,103,104)/t28?,41-,42-,49?,51?,53+,54+,55+,56+,57-,58+,59+,60?,61?,63?,64?,72?,74?/m0/s1. The zero-order valence-electron chi connectivity index (χ0n) is 60.4. The molecule has 7 aromatic rings. The average molecular weight is 1610 g/mol. The van der Waals surface area contributed by atoms with Gasteiger partial charge in [0, 0.05) is 46.5 Å². The summed E-state index contributed by atoms with van der Waals surface area (Å²) >= 11 is 15.4. The number of hydrogen-bond donors (Lipinski definition) is 19. The van der Waals surface area contributed by atoms with E-state index in [-0.39, 0.29) is 57.7 Å². The van der Waals surface area contributed by atoms with E-state index in [1.165, 1.54) is 40.1 Å². The fourth-order valence-electron chi connectivity index (χ4n) is 13.8. The number of fused-ring (bicyclic) bond motifs is 16. The number of aliphatic hydroxyl groups is 5. The molecule has 6 aromatic carbocycles. The topological polar surface area (TPSA) is 548 Å². The third-order valence-electron chi connectivity index (χ3n) is 19.6. The minimum Gasteiger partial charge on any atom is -0.508 e. The zero-order chi connectivity index (χ0) is 80.8. The van der Waals surface area contributed by atoms with Crippen molar-refractivity contribution in [3.63, 3.8) is 0 Å². The van der Waals surface area contributed by atoms with Crippen molar-refractivity contribution in [1.82, 2.24) is 47.2 Å². The van der Waals surface area contributed by atoms with Gasteiger partial charge in [0.1, 0.15) is 89.1 Å². The number of aliphatic hydroxyl groups excluding tert-OH is 5. The number of aliphatic carboxylic acids is 1. The van der Waals surface area contributed by atoms with E-state index in [0.717, 1.165) is 78.5 Å². The first kappa shape index (κ1) is 81.2. The van der Waals surface area contributed by atoms with Crippen molar-refractivity contribution in [3.05, 3.63) is 135 Å². The molecular weight excluding hydrogens is 1530 g/mol. The third-order valence-corrected chi connectivity index (χ3v) is 21.2. The van der Waals surface area contributed by atoms with E-state index in [0.29, 0.717) is 21.9 Å². The highest BCUT2D eigenvalue weighted by Gasteiger charge is 2.52. The van der Waals surface area contributed by atoms with Crippen LogP contribution in [0, 0.1) is 5.92 Å². The number of carboxylic acid groups (broad SMARTS) is 1. The van der Waals surface area contributed by atoms with E-state index in [1.54, 1.807) is 18.2 Å². The second-order valence-corrected chi connectivity index (χ2v) is 30.1. The number of phenolic OH excluding ortho intramolecular Hbond substituents is 3. The molecule has 0 radical (unpaired) electrons. The molecule has 1 aromatic heterocycles. The molecule has 2 saturated heterocycles. The molecule has 0 saturated carbocycles. The van der Waals surface area contributed by atoms with E-state index in [4.69, 9.17) is 67.8 Å². The molecule has 0 aliphatic carbocycles. The second kappa shape index (κ2) is 33.2. The van der Waals surface area contributed by atoms with Gasteiger partial charge in [0.25, 0.3) is 0 Å². The van der Waals surface area contributed by atoms with Crippen molar-refractivity contribution < 1.29 is 117 Å². The lowest BCUT2D eigenvalue weighted by atomic mass is 9.86. The third kappa shape index (κ3) is 17.2. The first-order valence-electron chi connectivity index (χ1n) is 35.1. The van der Waals surface area contributed by atoms with Crippen LogP contribution in [0.15, 0.2) is 102 Å². The number of benzene rings is 6. The normalized spacial score (nSPS) is 27.7. The van der Waals surface area contributed by atoms with Gasteiger partial charge in [0.2, 0.25) is 53.4 Å². The number of likely N-dealkylation sites (N-methyl/N-ethyl adjacent to an activating group) is 1. The Balaban J connectivity index is 1.09. The van der Waals surface area contributed by atoms with Crippen LogP contribution < -0.4 is 67.6 Å². The number of carboxylic acids is 1. The molecule has 7 aliphatic rings. The van der Waals surface area contributed by atoms with Crippen LogP contribution >= 0.6 is 35.0 Å². The Morgan fingerprint density at radius 3 is 2.00 bits per heavy atom. The fraction of sp³-hybridized carbons (Fsp3) is 0.392. The predicted molar refractivity (Wildman–Crippen MR) is 396 cm³/mol. The highest BCUT2D eigenvalue weighted by atomic mass is 35.5. The number of phenols is 3. The maximum Gasteiger partial charge on any atom is 0.330 e. The average Bonchev–Trinajstić information content (AvgIpc) is 0.907. The quantitative estimate of drug-likeness (QED) is 0.0618. The summed E-state index contributed by atoms with van der Waals surface area (Å²) in [5.41, 5.74) is 9.33. The first-order valence-corrected chi connectivity index (χ1v) is 36.8. The highest BCUT2D eigenvalue weighted by Crippen LogP contribution is 2.50. The van der Waals surface area contributed by atoms with Gasteiger partial charge in [-0.3, -0.25) is 33.6 Å². The van der Waals surface area contributed by atoms with Crippen molar-refractivity contribution in [2.75, 3.05) is 19.9 Å². The Hall–Kier alpha value is -10.3. The molecule has 38 heteroatoms. The Labute approximate surface area is 651 Å². The van der Waals surface area contributed by atoms with Crippen molar-refractivity contribution in [2.45, 2.75) is 161 Å². The fourth-order valence-corrected chi connectivity index (χ4v) is 15.2. The first-order chi connectivity index (χ1) is 53.1. The van der Waals surface area contributed by atoms with Crippen LogP contribution in [0.2, 0.25) is 10.0 Å². The van der Waals surface area contributed by atoms with Crippen LogP contribution in [0.4, 0.5) is 0 Å². The van der Waals surface area contributed by atoms with Gasteiger partial charge in [0.05, 0.1) is 59.0 Å². The molecule has 14 rings (SSSR count). The number of ether oxygens (including phenoxy) is 7. The number of methoxy groups -OCH3 is 1. The number of imidazole rings is 1. The summed E-state index contributed by atoms with van der Waals surface area (Å²) in [5, 5.41) is 123. The molecule has 11 bridgehead atoms. The van der Waals surface area contributed by atoms with E-state index >= 15 is 14.4 Å². The Bertz CT molecular complexity index is 4840. The molecule has 9 unspecified atom stereocenters. The number of aromatic nitrogens is 2. The van der Waals surface area contributed by atoms with Gasteiger partial charge in [-0.25, -0.2) is 9.78 Å². The maximum atomic E-state index is 16.2. The lowest BCUT2D eigenvalue weighted by Gasteiger charge is -2.47. The van der Waals surface area contributed by atoms with Crippen LogP contribution in [0.1, 0.15) is 105 Å². The van der Waals surface area contributed by atoms with Crippen molar-refractivity contribution in [3.8, 4) is 62.9 Å². The summed E-state index contributed by atoms with van der Waals surface area (Å²) < 4.78 is 45.2. The summed E-state index contributed by atoms with van der Waals surface area (Å²) in [4.78, 5) is 126. The molecule has 18 atom stereocenters. The second-order valence-electron chi connectivity index (χ2n) is 28.3. The van der Waals surface area contributed by atoms with E-state index < -0.39 is 225 Å². The van der Waals surface area contributed by atoms with Crippen molar-refractivity contribution in [1.29, 1.82) is 0 Å². The number of thioether (sulfide) groups is 1. The van der Waals surface area contributed by atoms with E-state index in [2.05, 4.69) is 47.2 Å². The number of amides is 7. The van der Waals surface area contributed by atoms with Gasteiger partial charge in [-0.05, 0) is 122 Å². The largest absolute Gasteiger partial charge is 0.508 e. The van der Waals surface area contributed by atoms with E-state index in [1.807, 2.05) is 13.8 Å². The highest BCUT2D eigenvalue weighted by molar-refractivity contribution is 7.99. The molecule has 35 nitrogen and oxygen atoms in total. The molecular formula is C74H81Cl2N11O24S. The van der Waals surface area contributed by atoms with Crippen LogP contribution in [-0.4, -0.2) is 202 Å². The molecule has 596 valence electrons. The monoisotopic (exact) mass is 1610 g/mol. The number of aromatic amines is 1.